The van der Waals surface area contributed by atoms with Crippen LogP contribution in [-0.4, -0.2) is 15.9 Å². The van der Waals surface area contributed by atoms with Crippen LogP contribution in [0.15, 0.2) is 60.9 Å². The molecule has 2 atom stereocenters. The minimum atomic E-state index is -0.363. The van der Waals surface area contributed by atoms with E-state index in [9.17, 15) is 10.1 Å². The zero-order chi connectivity index (χ0) is 15.8. The molecule has 1 aliphatic rings. The van der Waals surface area contributed by atoms with Gasteiger partial charge < -0.3 is 5.32 Å². The predicted molar refractivity (Wildman–Crippen MR) is 89.6 cm³/mol. The number of hydrogen-bond donors (Lipinski definition) is 1. The highest BCUT2D eigenvalue weighted by Crippen LogP contribution is 2.44. The molecule has 1 fully saturated rings. The van der Waals surface area contributed by atoms with Crippen LogP contribution in [0.5, 0.6) is 0 Å². The number of aromatic nitrogens is 1. The van der Waals surface area contributed by atoms with Crippen LogP contribution in [0.25, 0.3) is 10.8 Å². The number of hydrogen-bond acceptors (Lipinski definition) is 4. The number of nitro groups is 1. The third-order valence-electron chi connectivity index (χ3n) is 4.35. The fourth-order valence-electron chi connectivity index (χ4n) is 3.08. The summed E-state index contributed by atoms with van der Waals surface area (Å²) in [6, 6.07) is 15.9. The first kappa shape index (κ1) is 13.7. The summed E-state index contributed by atoms with van der Waals surface area (Å²) in [7, 11) is 0. The third-order valence-corrected chi connectivity index (χ3v) is 4.35. The van der Waals surface area contributed by atoms with E-state index in [-0.39, 0.29) is 10.6 Å². The molecule has 0 amide bonds. The number of pyridine rings is 1. The summed E-state index contributed by atoms with van der Waals surface area (Å²) in [5, 5.41) is 16.1. The first-order valence-electron chi connectivity index (χ1n) is 7.56. The van der Waals surface area contributed by atoms with Crippen LogP contribution in [0.1, 0.15) is 17.9 Å². The lowest BCUT2D eigenvalue weighted by Gasteiger charge is -2.10. The van der Waals surface area contributed by atoms with Crippen LogP contribution in [0, 0.1) is 10.1 Å². The molecule has 5 heteroatoms. The molecule has 2 unspecified atom stereocenters. The number of nitro benzene ring substituents is 1. The van der Waals surface area contributed by atoms with Gasteiger partial charge in [-0.25, -0.2) is 0 Å². The van der Waals surface area contributed by atoms with Crippen LogP contribution in [0.4, 0.5) is 11.4 Å². The van der Waals surface area contributed by atoms with Crippen molar-refractivity contribution < 1.29 is 4.92 Å². The smallest absolute Gasteiger partial charge is 0.278 e. The second-order valence-corrected chi connectivity index (χ2v) is 5.81. The summed E-state index contributed by atoms with van der Waals surface area (Å²) in [4.78, 5) is 14.8. The van der Waals surface area contributed by atoms with Gasteiger partial charge in [0, 0.05) is 41.5 Å². The summed E-state index contributed by atoms with van der Waals surface area (Å²) in [6.45, 7) is 0. The maximum Gasteiger partial charge on any atom is 0.278 e. The molecule has 1 heterocycles. The van der Waals surface area contributed by atoms with E-state index in [1.807, 2.05) is 12.1 Å². The molecule has 1 saturated carbocycles. The van der Waals surface area contributed by atoms with E-state index >= 15 is 0 Å². The van der Waals surface area contributed by atoms with Gasteiger partial charge in [0.05, 0.1) is 10.3 Å². The number of non-ortho nitro benzene ring substituents is 1. The van der Waals surface area contributed by atoms with Gasteiger partial charge in [-0.3, -0.25) is 15.1 Å². The van der Waals surface area contributed by atoms with Crippen LogP contribution in [0.2, 0.25) is 0 Å². The molecule has 4 rings (SSSR count). The average Bonchev–Trinajstić information content (AvgIpc) is 3.35. The lowest BCUT2D eigenvalue weighted by atomic mass is 10.1. The monoisotopic (exact) mass is 305 g/mol. The number of nitrogens with one attached hydrogen (secondary N) is 1. The summed E-state index contributed by atoms with van der Waals surface area (Å²) in [6.07, 6.45) is 4.30. The van der Waals surface area contributed by atoms with E-state index in [2.05, 4.69) is 34.6 Å². The summed E-state index contributed by atoms with van der Waals surface area (Å²) < 4.78 is 0. The molecular formula is C18H15N3O2. The van der Waals surface area contributed by atoms with Crippen LogP contribution in [0.3, 0.4) is 0 Å². The standard InChI is InChI=1S/C18H15N3O2/c22-21(23)18-7-6-16(13-8-9-19-11-15(13)18)20-17-10-14(17)12-4-2-1-3-5-12/h1-9,11,14,17,20H,10H2. The normalized spacial score (nSPS) is 19.5. The maximum absolute atomic E-state index is 11.2. The van der Waals surface area contributed by atoms with E-state index in [4.69, 9.17) is 0 Å². The molecule has 2 aromatic carbocycles. The zero-order valence-electron chi connectivity index (χ0n) is 12.3. The topological polar surface area (TPSA) is 68.1 Å². The van der Waals surface area contributed by atoms with Gasteiger partial charge in [-0.1, -0.05) is 30.3 Å². The number of rotatable bonds is 4. The van der Waals surface area contributed by atoms with E-state index in [0.717, 1.165) is 17.5 Å². The Hall–Kier alpha value is -2.95. The largest absolute Gasteiger partial charge is 0.381 e. The van der Waals surface area contributed by atoms with E-state index in [1.165, 1.54) is 5.56 Å². The van der Waals surface area contributed by atoms with Gasteiger partial charge in [0.25, 0.3) is 5.69 Å². The van der Waals surface area contributed by atoms with Crippen molar-refractivity contribution in [1.82, 2.24) is 4.98 Å². The van der Waals surface area contributed by atoms with Crippen molar-refractivity contribution in [2.24, 2.45) is 0 Å². The van der Waals surface area contributed by atoms with Crippen LogP contribution < -0.4 is 5.32 Å². The molecule has 0 spiro atoms. The Bertz CT molecular complexity index is 880. The van der Waals surface area contributed by atoms with Gasteiger partial charge in [-0.2, -0.15) is 0 Å². The Morgan fingerprint density at radius 3 is 2.70 bits per heavy atom. The van der Waals surface area contributed by atoms with Crippen molar-refractivity contribution in [2.75, 3.05) is 5.32 Å². The van der Waals surface area contributed by atoms with Gasteiger partial charge in [0.2, 0.25) is 0 Å². The molecule has 114 valence electrons. The van der Waals surface area contributed by atoms with Crippen molar-refractivity contribution in [1.29, 1.82) is 0 Å². The number of fused-ring (bicyclic) bond motifs is 1. The number of benzene rings is 2. The van der Waals surface area contributed by atoms with Gasteiger partial charge in [-0.15, -0.1) is 0 Å². The van der Waals surface area contributed by atoms with Crippen molar-refractivity contribution >= 4 is 22.1 Å². The predicted octanol–water partition coefficient (Wildman–Crippen LogP) is 4.11. The van der Waals surface area contributed by atoms with Gasteiger partial charge in [0.15, 0.2) is 0 Å². The minimum absolute atomic E-state index is 0.0917. The van der Waals surface area contributed by atoms with Crippen LogP contribution >= 0.6 is 0 Å². The number of anilines is 1. The zero-order valence-corrected chi connectivity index (χ0v) is 12.3. The molecule has 0 saturated heterocycles. The Balaban J connectivity index is 1.64. The summed E-state index contributed by atoms with van der Waals surface area (Å²) >= 11 is 0. The molecule has 1 aromatic heterocycles. The Morgan fingerprint density at radius 2 is 1.91 bits per heavy atom. The average molecular weight is 305 g/mol. The molecule has 1 N–H and O–H groups in total. The highest BCUT2D eigenvalue weighted by Gasteiger charge is 2.38. The summed E-state index contributed by atoms with van der Waals surface area (Å²) in [5.74, 6) is 0.503. The first-order valence-corrected chi connectivity index (χ1v) is 7.56. The van der Waals surface area contributed by atoms with Crippen molar-refractivity contribution in [3.8, 4) is 0 Å². The van der Waals surface area contributed by atoms with Crippen molar-refractivity contribution in [2.45, 2.75) is 18.4 Å². The highest BCUT2D eigenvalue weighted by atomic mass is 16.6. The maximum atomic E-state index is 11.2. The number of nitrogens with zero attached hydrogens (tertiary/aromatic N) is 2. The van der Waals surface area contributed by atoms with Crippen molar-refractivity contribution in [3.05, 3.63) is 76.6 Å². The highest BCUT2D eigenvalue weighted by molar-refractivity contribution is 5.99. The van der Waals surface area contributed by atoms with Gasteiger partial charge in [-0.05, 0) is 24.1 Å². The lowest BCUT2D eigenvalue weighted by molar-refractivity contribution is -0.383. The molecule has 0 aliphatic heterocycles. The molecular weight excluding hydrogens is 290 g/mol. The second-order valence-electron chi connectivity index (χ2n) is 5.81. The van der Waals surface area contributed by atoms with E-state index in [0.29, 0.717) is 17.3 Å². The summed E-state index contributed by atoms with van der Waals surface area (Å²) in [5.41, 5.74) is 2.35. The molecule has 0 bridgehead atoms. The Kier molecular flexibility index (Phi) is 3.19. The second kappa shape index (κ2) is 5.35. The quantitative estimate of drug-likeness (QED) is 0.582. The first-order chi connectivity index (χ1) is 11.2. The molecule has 1 aliphatic carbocycles. The van der Waals surface area contributed by atoms with Crippen LogP contribution in [-0.2, 0) is 0 Å². The fraction of sp³-hybridized carbons (Fsp3) is 0.167. The molecule has 23 heavy (non-hydrogen) atoms. The van der Waals surface area contributed by atoms with E-state index in [1.54, 1.807) is 24.5 Å². The third kappa shape index (κ3) is 2.50. The lowest BCUT2D eigenvalue weighted by Crippen LogP contribution is -2.05. The van der Waals surface area contributed by atoms with E-state index < -0.39 is 0 Å². The molecule has 5 nitrogen and oxygen atoms in total. The Morgan fingerprint density at radius 1 is 1.09 bits per heavy atom. The molecule has 0 radical (unpaired) electrons. The van der Waals surface area contributed by atoms with Crippen molar-refractivity contribution in [3.63, 3.8) is 0 Å². The Labute approximate surface area is 133 Å². The minimum Gasteiger partial charge on any atom is -0.381 e. The van der Waals surface area contributed by atoms with Gasteiger partial charge in [0.1, 0.15) is 0 Å². The molecule has 3 aromatic rings. The van der Waals surface area contributed by atoms with Gasteiger partial charge >= 0.3 is 0 Å². The SMILES string of the molecule is O=[N+]([O-])c1ccc(NC2CC2c2ccccc2)c2ccncc12. The fourth-order valence-corrected chi connectivity index (χ4v) is 3.08.